The second-order valence-corrected chi connectivity index (χ2v) is 4.50. The van der Waals surface area contributed by atoms with E-state index < -0.39 is 0 Å². The van der Waals surface area contributed by atoms with Crippen molar-refractivity contribution in [3.05, 3.63) is 0 Å². The van der Waals surface area contributed by atoms with Crippen molar-refractivity contribution in [1.29, 1.82) is 0 Å². The summed E-state index contributed by atoms with van der Waals surface area (Å²) < 4.78 is 0. The van der Waals surface area contributed by atoms with E-state index in [0.717, 1.165) is 18.6 Å². The third kappa shape index (κ3) is 6.61. The van der Waals surface area contributed by atoms with Crippen molar-refractivity contribution in [3.63, 3.8) is 0 Å². The number of hydrogen-bond acceptors (Lipinski definition) is 1. The molecule has 0 rings (SSSR count). The van der Waals surface area contributed by atoms with E-state index in [0.29, 0.717) is 5.41 Å². The molecule has 0 N–H and O–H groups in total. The van der Waals surface area contributed by atoms with Crippen LogP contribution >= 0.6 is 12.6 Å². The summed E-state index contributed by atoms with van der Waals surface area (Å²) in [5.74, 6) is 3.70. The quantitative estimate of drug-likeness (QED) is 0.364. The maximum atomic E-state index is 5.23. The molecule has 0 saturated carbocycles. The molecule has 1 heteroatoms. The predicted molar refractivity (Wildman–Crippen MR) is 59.6 cm³/mol. The normalized spacial score (nSPS) is 11.2. The Balaban J connectivity index is 3.50. The molecule has 0 atom stereocenters. The average Bonchev–Trinajstić information content (AvgIpc) is 2.01. The van der Waals surface area contributed by atoms with Gasteiger partial charge < -0.3 is 0 Å². The lowest BCUT2D eigenvalue weighted by molar-refractivity contribution is 0.302. The Labute approximate surface area is 82.5 Å². The van der Waals surface area contributed by atoms with Gasteiger partial charge in [0.05, 0.1) is 0 Å². The predicted octanol–water partition coefficient (Wildman–Crippen LogP) is 3.53. The van der Waals surface area contributed by atoms with Crippen LogP contribution in [-0.2, 0) is 0 Å². The summed E-state index contributed by atoms with van der Waals surface area (Å²) in [7, 11) is 0. The molecule has 0 spiro atoms. The van der Waals surface area contributed by atoms with Gasteiger partial charge in [-0.2, -0.15) is 12.6 Å². The zero-order valence-electron chi connectivity index (χ0n) is 8.27. The van der Waals surface area contributed by atoms with E-state index >= 15 is 0 Å². The van der Waals surface area contributed by atoms with Gasteiger partial charge >= 0.3 is 0 Å². The van der Waals surface area contributed by atoms with E-state index in [2.05, 4.69) is 32.4 Å². The lowest BCUT2D eigenvalue weighted by Gasteiger charge is -2.23. The second kappa shape index (κ2) is 6.43. The van der Waals surface area contributed by atoms with Crippen LogP contribution in [0.5, 0.6) is 0 Å². The first-order chi connectivity index (χ1) is 5.62. The first-order valence-corrected chi connectivity index (χ1v) is 5.30. The molecule has 12 heavy (non-hydrogen) atoms. The van der Waals surface area contributed by atoms with Gasteiger partial charge in [-0.1, -0.05) is 20.3 Å². The van der Waals surface area contributed by atoms with Gasteiger partial charge in [0.1, 0.15) is 0 Å². The summed E-state index contributed by atoms with van der Waals surface area (Å²) in [6.45, 7) is 4.59. The van der Waals surface area contributed by atoms with Crippen LogP contribution in [0, 0.1) is 17.8 Å². The molecule has 0 aromatic carbocycles. The summed E-state index contributed by atoms with van der Waals surface area (Å²) >= 11 is 4.19. The third-order valence-electron chi connectivity index (χ3n) is 2.21. The van der Waals surface area contributed by atoms with Gasteiger partial charge in [-0.15, -0.1) is 12.3 Å². The molecule has 0 saturated heterocycles. The minimum atomic E-state index is 0.426. The van der Waals surface area contributed by atoms with E-state index in [1.807, 2.05) is 0 Å². The van der Waals surface area contributed by atoms with Crippen molar-refractivity contribution >= 4 is 12.6 Å². The Morgan fingerprint density at radius 3 is 2.42 bits per heavy atom. The summed E-state index contributed by atoms with van der Waals surface area (Å²) in [5, 5.41) is 0. The Morgan fingerprint density at radius 1 is 1.25 bits per heavy atom. The smallest absolute Gasteiger partial charge is 0.00911 e. The largest absolute Gasteiger partial charge is 0.179 e. The molecule has 0 amide bonds. The summed E-state index contributed by atoms with van der Waals surface area (Å²) in [6.07, 6.45) is 11.1. The number of thiol groups is 1. The Morgan fingerprint density at radius 2 is 1.92 bits per heavy atom. The highest BCUT2D eigenvalue weighted by Crippen LogP contribution is 2.28. The Kier molecular flexibility index (Phi) is 6.38. The zero-order chi connectivity index (χ0) is 9.45. The molecule has 0 aliphatic heterocycles. The molecular formula is C11H20S. The highest BCUT2D eigenvalue weighted by molar-refractivity contribution is 7.80. The number of terminal acetylenes is 1. The summed E-state index contributed by atoms with van der Waals surface area (Å²) in [4.78, 5) is 0. The first-order valence-electron chi connectivity index (χ1n) is 4.67. The molecule has 0 radical (unpaired) electrons. The summed E-state index contributed by atoms with van der Waals surface area (Å²) in [5.41, 5.74) is 0.426. The second-order valence-electron chi connectivity index (χ2n) is 4.05. The molecule has 0 nitrogen and oxygen atoms in total. The van der Waals surface area contributed by atoms with Gasteiger partial charge in [-0.05, 0) is 30.4 Å². The highest BCUT2D eigenvalue weighted by Gasteiger charge is 2.15. The Hall–Kier alpha value is -0.0900. The minimum Gasteiger partial charge on any atom is -0.179 e. The van der Waals surface area contributed by atoms with Crippen molar-refractivity contribution in [2.75, 3.05) is 5.75 Å². The van der Waals surface area contributed by atoms with Gasteiger partial charge in [0.15, 0.2) is 0 Å². The maximum Gasteiger partial charge on any atom is 0.00911 e. The fourth-order valence-electron chi connectivity index (χ4n) is 1.25. The van der Waals surface area contributed by atoms with Crippen molar-refractivity contribution in [2.45, 2.75) is 46.0 Å². The SMILES string of the molecule is C#CCCC(C)(C)CCCCS. The van der Waals surface area contributed by atoms with Crippen LogP contribution in [-0.4, -0.2) is 5.75 Å². The van der Waals surface area contributed by atoms with E-state index in [-0.39, 0.29) is 0 Å². The van der Waals surface area contributed by atoms with E-state index in [9.17, 15) is 0 Å². The highest BCUT2D eigenvalue weighted by atomic mass is 32.1. The molecule has 0 aliphatic rings. The van der Waals surface area contributed by atoms with Crippen LogP contribution in [0.25, 0.3) is 0 Å². The third-order valence-corrected chi connectivity index (χ3v) is 2.52. The molecular weight excluding hydrogens is 164 g/mol. The molecule has 0 unspecified atom stereocenters. The molecule has 0 aromatic heterocycles. The molecule has 0 bridgehead atoms. The van der Waals surface area contributed by atoms with Crippen LogP contribution in [0.2, 0.25) is 0 Å². The van der Waals surface area contributed by atoms with E-state index in [4.69, 9.17) is 6.42 Å². The van der Waals surface area contributed by atoms with Crippen LogP contribution in [0.1, 0.15) is 46.0 Å². The molecule has 0 heterocycles. The number of hydrogen-bond donors (Lipinski definition) is 1. The average molecular weight is 184 g/mol. The lowest BCUT2D eigenvalue weighted by atomic mass is 9.83. The topological polar surface area (TPSA) is 0 Å². The monoisotopic (exact) mass is 184 g/mol. The molecule has 0 aliphatic carbocycles. The van der Waals surface area contributed by atoms with Gasteiger partial charge in [-0.25, -0.2) is 0 Å². The fourth-order valence-corrected chi connectivity index (χ4v) is 1.47. The molecule has 0 fully saturated rings. The van der Waals surface area contributed by atoms with E-state index in [1.165, 1.54) is 19.3 Å². The standard InChI is InChI=1S/C11H20S/c1-4-5-8-11(2,3)9-6-7-10-12/h1,12H,5-10H2,2-3H3. The van der Waals surface area contributed by atoms with Crippen molar-refractivity contribution in [1.82, 2.24) is 0 Å². The zero-order valence-corrected chi connectivity index (χ0v) is 9.16. The van der Waals surface area contributed by atoms with Gasteiger partial charge in [0.2, 0.25) is 0 Å². The Bertz CT molecular complexity index is 142. The number of rotatable bonds is 6. The minimum absolute atomic E-state index is 0.426. The van der Waals surface area contributed by atoms with Gasteiger partial charge in [0, 0.05) is 6.42 Å². The van der Waals surface area contributed by atoms with Crippen LogP contribution in [0.15, 0.2) is 0 Å². The first kappa shape index (κ1) is 11.9. The van der Waals surface area contributed by atoms with Crippen molar-refractivity contribution in [2.24, 2.45) is 5.41 Å². The van der Waals surface area contributed by atoms with Crippen LogP contribution in [0.3, 0.4) is 0 Å². The van der Waals surface area contributed by atoms with Crippen LogP contribution in [0.4, 0.5) is 0 Å². The molecule has 0 aromatic rings. The van der Waals surface area contributed by atoms with Gasteiger partial charge in [0.25, 0.3) is 0 Å². The number of unbranched alkanes of at least 4 members (excludes halogenated alkanes) is 1. The molecule has 70 valence electrons. The lowest BCUT2D eigenvalue weighted by Crippen LogP contribution is -2.10. The van der Waals surface area contributed by atoms with Crippen molar-refractivity contribution in [3.8, 4) is 12.3 Å². The van der Waals surface area contributed by atoms with Crippen LogP contribution < -0.4 is 0 Å². The van der Waals surface area contributed by atoms with Crippen molar-refractivity contribution < 1.29 is 0 Å². The van der Waals surface area contributed by atoms with Gasteiger partial charge in [-0.3, -0.25) is 0 Å². The fraction of sp³-hybridized carbons (Fsp3) is 0.818. The maximum absolute atomic E-state index is 5.23. The summed E-state index contributed by atoms with van der Waals surface area (Å²) in [6, 6.07) is 0. The van der Waals surface area contributed by atoms with E-state index in [1.54, 1.807) is 0 Å².